The monoisotopic (exact) mass is 430 g/mol. The largest absolute Gasteiger partial charge is 0.349 e. The van der Waals surface area contributed by atoms with Gasteiger partial charge in [0, 0.05) is 18.3 Å². The molecule has 0 bridgehead atoms. The quantitative estimate of drug-likeness (QED) is 0.705. The van der Waals surface area contributed by atoms with E-state index >= 15 is 0 Å². The van der Waals surface area contributed by atoms with Crippen LogP contribution in [0.1, 0.15) is 45.5 Å². The predicted octanol–water partition coefficient (Wildman–Crippen LogP) is 3.36. The molecule has 5 nitrogen and oxygen atoms in total. The number of hydrogen-bond donors (Lipinski definition) is 2. The van der Waals surface area contributed by atoms with Gasteiger partial charge in [-0.2, -0.15) is 0 Å². The second kappa shape index (κ2) is 11.6. The summed E-state index contributed by atoms with van der Waals surface area (Å²) in [5.41, 5.74) is 8.56. The van der Waals surface area contributed by atoms with Crippen LogP contribution in [0.5, 0.6) is 0 Å². The van der Waals surface area contributed by atoms with Crippen LogP contribution in [0, 0.1) is 6.92 Å². The van der Waals surface area contributed by atoms with Crippen molar-refractivity contribution in [1.82, 2.24) is 15.2 Å². The second-order valence-corrected chi connectivity index (χ2v) is 7.49. The minimum absolute atomic E-state index is 0. The van der Waals surface area contributed by atoms with Gasteiger partial charge in [-0.25, -0.2) is 4.98 Å². The number of nitrogens with two attached hydrogens (primary N) is 1. The molecular weight excluding hydrogens is 403 g/mol. The fourth-order valence-electron chi connectivity index (χ4n) is 3.23. The molecule has 1 aliphatic rings. The molecule has 150 valence electrons. The van der Waals surface area contributed by atoms with Crippen molar-refractivity contribution in [3.05, 3.63) is 51.5 Å². The van der Waals surface area contributed by atoms with Crippen LogP contribution in [0.3, 0.4) is 0 Å². The molecule has 2 aromatic rings. The number of halogens is 2. The molecule has 1 aromatic heterocycles. The van der Waals surface area contributed by atoms with Crippen molar-refractivity contribution in [2.75, 3.05) is 26.2 Å². The number of aryl methyl sites for hydroxylation is 1. The topological polar surface area (TPSA) is 71.2 Å². The van der Waals surface area contributed by atoms with Crippen LogP contribution >= 0.6 is 36.2 Å². The van der Waals surface area contributed by atoms with Gasteiger partial charge in [0.2, 0.25) is 0 Å². The number of thiazole rings is 1. The van der Waals surface area contributed by atoms with Crippen LogP contribution in [-0.2, 0) is 6.42 Å². The number of amides is 1. The van der Waals surface area contributed by atoms with Crippen LogP contribution < -0.4 is 11.1 Å². The maximum Gasteiger partial charge on any atom is 0.270 e. The molecule has 3 rings (SSSR count). The van der Waals surface area contributed by atoms with Crippen LogP contribution in [0.25, 0.3) is 0 Å². The second-order valence-electron chi connectivity index (χ2n) is 6.54. The van der Waals surface area contributed by atoms with Crippen LogP contribution in [-0.4, -0.2) is 42.0 Å². The normalized spacial score (nSPS) is 14.9. The highest BCUT2D eigenvalue weighted by Crippen LogP contribution is 2.25. The van der Waals surface area contributed by atoms with Gasteiger partial charge in [-0.05, 0) is 45.0 Å². The molecule has 1 unspecified atom stereocenters. The minimum atomic E-state index is -0.101. The van der Waals surface area contributed by atoms with Crippen molar-refractivity contribution >= 4 is 42.1 Å². The Labute approximate surface area is 177 Å². The average molecular weight is 431 g/mol. The standard InChI is InChI=1S/C19H26N4OS.2ClH/c1-14-4-6-15(7-5-14)17(23-10-2-3-11-23)12-21-19(24)16-13-25-18(22-16)8-9-20;;/h4-7,13,17H,2-3,8-12,20H2,1H3,(H,21,24);2*1H. The first-order chi connectivity index (χ1) is 12.2. The van der Waals surface area contributed by atoms with Crippen LogP contribution in [0.4, 0.5) is 0 Å². The van der Waals surface area contributed by atoms with E-state index in [1.807, 2.05) is 5.38 Å². The zero-order valence-corrected chi connectivity index (χ0v) is 18.0. The molecule has 0 aliphatic carbocycles. The predicted molar refractivity (Wildman–Crippen MR) is 116 cm³/mol. The van der Waals surface area contributed by atoms with Gasteiger partial charge in [0.25, 0.3) is 5.91 Å². The summed E-state index contributed by atoms with van der Waals surface area (Å²) in [6, 6.07) is 8.84. The van der Waals surface area contributed by atoms with Crippen molar-refractivity contribution in [3.63, 3.8) is 0 Å². The van der Waals surface area contributed by atoms with Gasteiger partial charge >= 0.3 is 0 Å². The SMILES string of the molecule is Cc1ccc(C(CNC(=O)c2csc(CCN)n2)N2CCCC2)cc1.Cl.Cl. The molecule has 1 saturated heterocycles. The zero-order valence-electron chi connectivity index (χ0n) is 15.5. The van der Waals surface area contributed by atoms with E-state index in [1.165, 1.54) is 35.3 Å². The number of nitrogens with zero attached hydrogens (tertiary/aromatic N) is 2. The van der Waals surface area contributed by atoms with Crippen molar-refractivity contribution in [1.29, 1.82) is 0 Å². The molecule has 3 N–H and O–H groups in total. The average Bonchev–Trinajstić information content (AvgIpc) is 3.29. The summed E-state index contributed by atoms with van der Waals surface area (Å²) in [5.74, 6) is -0.101. The molecule has 0 radical (unpaired) electrons. The van der Waals surface area contributed by atoms with E-state index in [4.69, 9.17) is 5.73 Å². The molecular formula is C19H28Cl2N4OS. The zero-order chi connectivity index (χ0) is 17.6. The smallest absolute Gasteiger partial charge is 0.270 e. The first-order valence-electron chi connectivity index (χ1n) is 8.90. The van der Waals surface area contributed by atoms with E-state index in [1.54, 1.807) is 0 Å². The summed E-state index contributed by atoms with van der Waals surface area (Å²) in [5, 5.41) is 5.81. The van der Waals surface area contributed by atoms with Crippen molar-refractivity contribution < 1.29 is 4.79 Å². The van der Waals surface area contributed by atoms with Crippen molar-refractivity contribution in [2.45, 2.75) is 32.2 Å². The third kappa shape index (κ3) is 6.43. The molecule has 1 aromatic carbocycles. The summed E-state index contributed by atoms with van der Waals surface area (Å²) in [6.45, 7) is 5.43. The Kier molecular flexibility index (Phi) is 10.3. The van der Waals surface area contributed by atoms with Gasteiger partial charge in [0.15, 0.2) is 0 Å². The first-order valence-corrected chi connectivity index (χ1v) is 9.78. The van der Waals surface area contributed by atoms with Gasteiger partial charge in [0.05, 0.1) is 11.0 Å². The summed E-state index contributed by atoms with van der Waals surface area (Å²) >= 11 is 1.50. The van der Waals surface area contributed by atoms with Crippen LogP contribution in [0.15, 0.2) is 29.6 Å². The Balaban J connectivity index is 0.00000182. The summed E-state index contributed by atoms with van der Waals surface area (Å²) in [4.78, 5) is 19.3. The fraction of sp³-hybridized carbons (Fsp3) is 0.474. The lowest BCUT2D eigenvalue weighted by Crippen LogP contribution is -2.37. The summed E-state index contributed by atoms with van der Waals surface area (Å²) < 4.78 is 0. The van der Waals surface area contributed by atoms with Gasteiger partial charge in [-0.1, -0.05) is 29.8 Å². The lowest BCUT2D eigenvalue weighted by molar-refractivity contribution is 0.0933. The van der Waals surface area contributed by atoms with Gasteiger partial charge in [-0.15, -0.1) is 36.2 Å². The Morgan fingerprint density at radius 2 is 1.93 bits per heavy atom. The molecule has 0 spiro atoms. The third-order valence-electron chi connectivity index (χ3n) is 4.64. The van der Waals surface area contributed by atoms with E-state index in [2.05, 4.69) is 46.4 Å². The number of hydrogen-bond acceptors (Lipinski definition) is 5. The molecule has 0 saturated carbocycles. The number of carbonyl (C=O) groups is 1. The van der Waals surface area contributed by atoms with Gasteiger partial charge in [0.1, 0.15) is 5.69 Å². The summed E-state index contributed by atoms with van der Waals surface area (Å²) in [6.07, 6.45) is 3.17. The molecule has 1 fully saturated rings. The van der Waals surface area contributed by atoms with E-state index in [-0.39, 0.29) is 36.8 Å². The molecule has 27 heavy (non-hydrogen) atoms. The highest BCUT2D eigenvalue weighted by Gasteiger charge is 2.24. The van der Waals surface area contributed by atoms with Crippen molar-refractivity contribution in [3.8, 4) is 0 Å². The number of carbonyl (C=O) groups excluding carboxylic acids is 1. The maximum atomic E-state index is 12.5. The number of aromatic nitrogens is 1. The minimum Gasteiger partial charge on any atom is -0.349 e. The third-order valence-corrected chi connectivity index (χ3v) is 5.55. The molecule has 1 amide bonds. The molecule has 1 atom stereocenters. The lowest BCUT2D eigenvalue weighted by atomic mass is 10.0. The maximum absolute atomic E-state index is 12.5. The van der Waals surface area contributed by atoms with E-state index < -0.39 is 0 Å². The van der Waals surface area contributed by atoms with Gasteiger partial charge in [-0.3, -0.25) is 9.69 Å². The lowest BCUT2D eigenvalue weighted by Gasteiger charge is -2.28. The molecule has 1 aliphatic heterocycles. The van der Waals surface area contributed by atoms with Gasteiger partial charge < -0.3 is 11.1 Å². The first kappa shape index (κ1) is 23.9. The van der Waals surface area contributed by atoms with E-state index in [9.17, 15) is 4.79 Å². The highest BCUT2D eigenvalue weighted by atomic mass is 35.5. The van der Waals surface area contributed by atoms with E-state index in [0.29, 0.717) is 18.8 Å². The van der Waals surface area contributed by atoms with Crippen molar-refractivity contribution in [2.24, 2.45) is 5.73 Å². The number of rotatable bonds is 7. The Hall–Kier alpha value is -1.18. The Morgan fingerprint density at radius 1 is 1.26 bits per heavy atom. The number of likely N-dealkylation sites (tertiary alicyclic amines) is 1. The highest BCUT2D eigenvalue weighted by molar-refractivity contribution is 7.09. The molecule has 2 heterocycles. The van der Waals surface area contributed by atoms with E-state index in [0.717, 1.165) is 24.5 Å². The number of nitrogens with one attached hydrogen (secondary N) is 1. The Bertz CT molecular complexity index is 702. The Morgan fingerprint density at radius 3 is 2.56 bits per heavy atom. The molecule has 8 heteroatoms. The van der Waals surface area contributed by atoms with Crippen LogP contribution in [0.2, 0.25) is 0 Å². The number of benzene rings is 1. The summed E-state index contributed by atoms with van der Waals surface area (Å²) in [7, 11) is 0. The fourth-order valence-corrected chi connectivity index (χ4v) is 4.03.